The Morgan fingerprint density at radius 1 is 1.26 bits per heavy atom. The Labute approximate surface area is 160 Å². The molecule has 0 spiro atoms. The number of hydrogen-bond acceptors (Lipinski definition) is 3. The number of aromatic carboxylic acids is 1. The minimum absolute atomic E-state index is 0.115. The number of anilines is 1. The monoisotopic (exact) mass is 381 g/mol. The molecule has 0 saturated carbocycles. The fourth-order valence-electron chi connectivity index (χ4n) is 3.38. The van der Waals surface area contributed by atoms with E-state index >= 15 is 0 Å². The molecule has 0 radical (unpaired) electrons. The second-order valence-corrected chi connectivity index (χ2v) is 6.88. The zero-order valence-electron chi connectivity index (χ0n) is 14.4. The van der Waals surface area contributed by atoms with E-state index in [0.717, 1.165) is 22.4 Å². The number of carboxylic acids is 1. The highest BCUT2D eigenvalue weighted by Crippen LogP contribution is 2.38. The van der Waals surface area contributed by atoms with Crippen LogP contribution < -0.4 is 5.32 Å². The molecule has 1 aliphatic heterocycles. The number of amides is 1. The minimum atomic E-state index is -0.979. The van der Waals surface area contributed by atoms with Gasteiger partial charge in [-0.2, -0.15) is 5.10 Å². The van der Waals surface area contributed by atoms with Gasteiger partial charge in [0.2, 0.25) is 5.91 Å². The minimum Gasteiger partial charge on any atom is -0.478 e. The molecule has 1 amide bonds. The van der Waals surface area contributed by atoms with Crippen molar-refractivity contribution in [3.63, 3.8) is 0 Å². The van der Waals surface area contributed by atoms with Crippen LogP contribution in [0.4, 0.5) is 5.82 Å². The van der Waals surface area contributed by atoms with E-state index in [1.54, 1.807) is 35.1 Å². The number of fused-ring (bicyclic) bond motifs is 1. The first-order valence-electron chi connectivity index (χ1n) is 8.42. The Hall–Kier alpha value is -3.12. The van der Waals surface area contributed by atoms with Crippen molar-refractivity contribution in [1.29, 1.82) is 0 Å². The Morgan fingerprint density at radius 2 is 2.00 bits per heavy atom. The van der Waals surface area contributed by atoms with Gasteiger partial charge in [0.15, 0.2) is 0 Å². The molecule has 2 N–H and O–H groups in total. The van der Waals surface area contributed by atoms with Gasteiger partial charge in [-0.05, 0) is 42.3 Å². The summed E-state index contributed by atoms with van der Waals surface area (Å²) in [4.78, 5) is 23.4. The van der Waals surface area contributed by atoms with Crippen molar-refractivity contribution < 1.29 is 14.7 Å². The molecule has 6 nitrogen and oxygen atoms in total. The van der Waals surface area contributed by atoms with E-state index in [2.05, 4.69) is 10.4 Å². The average Bonchev–Trinajstić information content (AvgIpc) is 3.07. The molecule has 0 unspecified atom stereocenters. The summed E-state index contributed by atoms with van der Waals surface area (Å²) in [5.41, 5.74) is 3.64. The zero-order valence-corrected chi connectivity index (χ0v) is 15.2. The first kappa shape index (κ1) is 17.3. The number of nitrogens with zero attached hydrogens (tertiary/aromatic N) is 2. The molecule has 7 heteroatoms. The Bertz CT molecular complexity index is 1060. The number of carbonyl (C=O) groups excluding carboxylic acids is 1. The van der Waals surface area contributed by atoms with Crippen LogP contribution in [0.2, 0.25) is 5.02 Å². The van der Waals surface area contributed by atoms with Gasteiger partial charge in [-0.15, -0.1) is 0 Å². The highest BCUT2D eigenvalue weighted by molar-refractivity contribution is 6.31. The van der Waals surface area contributed by atoms with Gasteiger partial charge >= 0.3 is 5.97 Å². The smallest absolute Gasteiger partial charge is 0.335 e. The summed E-state index contributed by atoms with van der Waals surface area (Å²) >= 11 is 6.23. The van der Waals surface area contributed by atoms with E-state index in [4.69, 9.17) is 16.7 Å². The predicted octanol–water partition coefficient (Wildman–Crippen LogP) is 4.01. The maximum atomic E-state index is 12.3. The lowest BCUT2D eigenvalue weighted by molar-refractivity contribution is -0.116. The summed E-state index contributed by atoms with van der Waals surface area (Å²) in [6.45, 7) is 1.90. The SMILES string of the molecule is Cc1c(Cl)cccc1-n1ncc2c1NC(=O)C[C@@H]2c1ccc(C(=O)O)cc1. The molecule has 0 saturated heterocycles. The molecule has 4 rings (SSSR count). The molecule has 1 aromatic heterocycles. The first-order valence-corrected chi connectivity index (χ1v) is 8.80. The van der Waals surface area contributed by atoms with Crippen LogP contribution in [0.15, 0.2) is 48.7 Å². The van der Waals surface area contributed by atoms with Crippen LogP contribution in [0.25, 0.3) is 5.69 Å². The number of nitrogens with one attached hydrogen (secondary N) is 1. The van der Waals surface area contributed by atoms with Crippen LogP contribution in [0.3, 0.4) is 0 Å². The number of rotatable bonds is 3. The van der Waals surface area contributed by atoms with Gasteiger partial charge in [0, 0.05) is 22.9 Å². The highest BCUT2D eigenvalue weighted by Gasteiger charge is 2.30. The summed E-state index contributed by atoms with van der Waals surface area (Å²) in [6.07, 6.45) is 2.02. The molecule has 3 aromatic rings. The van der Waals surface area contributed by atoms with E-state index in [1.807, 2.05) is 25.1 Å². The van der Waals surface area contributed by atoms with Crippen molar-refractivity contribution in [2.24, 2.45) is 0 Å². The lowest BCUT2D eigenvalue weighted by Crippen LogP contribution is -2.24. The number of aromatic nitrogens is 2. The van der Waals surface area contributed by atoms with Crippen molar-refractivity contribution in [1.82, 2.24) is 9.78 Å². The van der Waals surface area contributed by atoms with Crippen molar-refractivity contribution >= 4 is 29.3 Å². The van der Waals surface area contributed by atoms with E-state index in [0.29, 0.717) is 10.8 Å². The topological polar surface area (TPSA) is 84.2 Å². The molecular formula is C20H16ClN3O3. The average molecular weight is 382 g/mol. The number of carboxylic acid groups (broad SMARTS) is 1. The van der Waals surface area contributed by atoms with Crippen molar-refractivity contribution in [3.8, 4) is 5.69 Å². The van der Waals surface area contributed by atoms with Crippen LogP contribution in [-0.4, -0.2) is 26.8 Å². The third-order valence-electron chi connectivity index (χ3n) is 4.85. The quantitative estimate of drug-likeness (QED) is 0.718. The van der Waals surface area contributed by atoms with Gasteiger partial charge < -0.3 is 10.4 Å². The van der Waals surface area contributed by atoms with E-state index < -0.39 is 5.97 Å². The number of hydrogen-bond donors (Lipinski definition) is 2. The molecule has 1 aliphatic rings. The predicted molar refractivity (Wildman–Crippen MR) is 102 cm³/mol. The molecule has 1 atom stereocenters. The van der Waals surface area contributed by atoms with Crippen molar-refractivity contribution in [2.45, 2.75) is 19.3 Å². The molecule has 0 aliphatic carbocycles. The highest BCUT2D eigenvalue weighted by atomic mass is 35.5. The fourth-order valence-corrected chi connectivity index (χ4v) is 3.55. The molecule has 27 heavy (non-hydrogen) atoms. The summed E-state index contributed by atoms with van der Waals surface area (Å²) in [6, 6.07) is 12.1. The molecule has 2 heterocycles. The second kappa shape index (κ2) is 6.55. The van der Waals surface area contributed by atoms with E-state index in [-0.39, 0.29) is 23.8 Å². The number of benzene rings is 2. The Morgan fingerprint density at radius 3 is 2.70 bits per heavy atom. The molecule has 0 fully saturated rings. The Balaban J connectivity index is 1.80. The van der Waals surface area contributed by atoms with Gasteiger partial charge in [-0.25, -0.2) is 9.48 Å². The van der Waals surface area contributed by atoms with Gasteiger partial charge in [0.05, 0.1) is 17.4 Å². The largest absolute Gasteiger partial charge is 0.478 e. The van der Waals surface area contributed by atoms with Crippen LogP contribution in [-0.2, 0) is 4.79 Å². The first-order chi connectivity index (χ1) is 13.0. The van der Waals surface area contributed by atoms with E-state index in [9.17, 15) is 9.59 Å². The summed E-state index contributed by atoms with van der Waals surface area (Å²) < 4.78 is 1.69. The van der Waals surface area contributed by atoms with Crippen molar-refractivity contribution in [2.75, 3.05) is 5.32 Å². The van der Waals surface area contributed by atoms with Gasteiger partial charge in [-0.3, -0.25) is 4.79 Å². The maximum absolute atomic E-state index is 12.3. The Kier molecular flexibility index (Phi) is 4.20. The zero-order chi connectivity index (χ0) is 19.1. The van der Waals surface area contributed by atoms with Crippen LogP contribution >= 0.6 is 11.6 Å². The summed E-state index contributed by atoms with van der Waals surface area (Å²) in [5.74, 6) is -0.669. The third-order valence-corrected chi connectivity index (χ3v) is 5.26. The molecule has 0 bridgehead atoms. The molecular weight excluding hydrogens is 366 g/mol. The molecule has 2 aromatic carbocycles. The molecule has 136 valence electrons. The number of halogens is 1. The fraction of sp³-hybridized carbons (Fsp3) is 0.150. The van der Waals surface area contributed by atoms with Gasteiger partial charge in [-0.1, -0.05) is 29.8 Å². The lowest BCUT2D eigenvalue weighted by Gasteiger charge is -2.24. The van der Waals surface area contributed by atoms with E-state index in [1.165, 1.54) is 0 Å². The van der Waals surface area contributed by atoms with Gasteiger partial charge in [0.1, 0.15) is 5.82 Å². The summed E-state index contributed by atoms with van der Waals surface area (Å²) in [7, 11) is 0. The number of carbonyl (C=O) groups is 2. The second-order valence-electron chi connectivity index (χ2n) is 6.48. The summed E-state index contributed by atoms with van der Waals surface area (Å²) in [5, 5.41) is 17.1. The lowest BCUT2D eigenvalue weighted by atomic mass is 9.87. The van der Waals surface area contributed by atoms with Crippen molar-refractivity contribution in [3.05, 3.63) is 75.9 Å². The maximum Gasteiger partial charge on any atom is 0.335 e. The standard InChI is InChI=1S/C20H16ClN3O3/c1-11-16(21)3-2-4-17(11)24-19-15(10-22-24)14(9-18(25)23-19)12-5-7-13(8-6-12)20(26)27/h2-8,10,14H,9H2,1H3,(H,23,25)(H,26,27)/t14-/m1/s1. The third kappa shape index (κ3) is 2.98. The van der Waals surface area contributed by atoms with Gasteiger partial charge in [0.25, 0.3) is 0 Å². The normalized spacial score (nSPS) is 15.9. The van der Waals surface area contributed by atoms with Crippen LogP contribution in [0.1, 0.15) is 39.4 Å². The van der Waals surface area contributed by atoms with Crippen LogP contribution in [0.5, 0.6) is 0 Å². The van der Waals surface area contributed by atoms with Crippen LogP contribution in [0, 0.1) is 6.92 Å².